The zero-order valence-corrected chi connectivity index (χ0v) is 22.9. The molecule has 3 aromatic rings. The van der Waals surface area contributed by atoms with Crippen LogP contribution < -0.4 is 14.8 Å². The number of hydrogen-bond acceptors (Lipinski definition) is 6. The van der Waals surface area contributed by atoms with Gasteiger partial charge >= 0.3 is 0 Å². The summed E-state index contributed by atoms with van der Waals surface area (Å²) < 4.78 is 12.2. The molecule has 37 heavy (non-hydrogen) atoms. The highest BCUT2D eigenvalue weighted by Crippen LogP contribution is 2.53. The summed E-state index contributed by atoms with van der Waals surface area (Å²) in [5.74, 6) is -0.163. The van der Waals surface area contributed by atoms with Crippen LogP contribution in [0.4, 0.5) is 5.69 Å². The molecule has 1 spiro atoms. The van der Waals surface area contributed by atoms with Gasteiger partial charge in [-0.05, 0) is 58.9 Å². The lowest BCUT2D eigenvalue weighted by atomic mass is 9.79. The van der Waals surface area contributed by atoms with E-state index in [4.69, 9.17) is 32.7 Å². The first-order valence-corrected chi connectivity index (χ1v) is 12.9. The molecule has 0 aliphatic carbocycles. The number of nitrogens with zero attached hydrogens (tertiary/aromatic N) is 2. The van der Waals surface area contributed by atoms with Gasteiger partial charge in [-0.2, -0.15) is 0 Å². The minimum absolute atomic E-state index is 0.161. The number of likely N-dealkylation sites (N-methyl/N-ethyl adjacent to an activating group) is 1. The molecule has 2 heterocycles. The summed E-state index contributed by atoms with van der Waals surface area (Å²) in [5.41, 5.74) is 1.17. The predicted octanol–water partition coefficient (Wildman–Crippen LogP) is 5.87. The summed E-state index contributed by atoms with van der Waals surface area (Å²) in [4.78, 5) is 27.4. The Kier molecular flexibility index (Phi) is 6.83. The van der Waals surface area contributed by atoms with E-state index < -0.39 is 23.4 Å². The predicted molar refractivity (Wildman–Crippen MR) is 144 cm³/mol. The number of anilines is 1. The molecule has 0 radical (unpaired) electrons. The van der Waals surface area contributed by atoms with Crippen LogP contribution in [0.25, 0.3) is 0 Å². The quantitative estimate of drug-likeness (QED) is 0.279. The highest BCUT2D eigenvalue weighted by atomic mass is 79.9. The fourth-order valence-corrected chi connectivity index (χ4v) is 6.50. The van der Waals surface area contributed by atoms with E-state index in [1.54, 1.807) is 66.5 Å². The Hall–Kier alpha value is -2.85. The zero-order valence-electron chi connectivity index (χ0n) is 19.8. The summed E-state index contributed by atoms with van der Waals surface area (Å²) in [5, 5.41) is 16.4. The maximum atomic E-state index is 13.3. The van der Waals surface area contributed by atoms with Gasteiger partial charge in [0.05, 0.1) is 17.5 Å². The number of methoxy groups -OCH3 is 1. The van der Waals surface area contributed by atoms with Crippen LogP contribution in [0.2, 0.25) is 10.0 Å². The number of fused-ring (bicyclic) bond motifs is 2. The lowest BCUT2D eigenvalue weighted by molar-refractivity contribution is -0.534. The number of carbonyl (C=O) groups is 1. The standard InChI is InChI=1S/C26H22BrCl2N3O5/c1-31-12-17(24(32(34)35)26(31)18-5-3-4-6-21(18)30-25(26)33)15-9-19(27)23(22(10-15)36-2)37-13-14-7-8-16(28)11-20(14)29/h3-11,17,24H,12-13H2,1-2H3,(H,30,33)/t17-,24+,26+/m0/s1. The maximum absolute atomic E-state index is 13.3. The fraction of sp³-hybridized carbons (Fsp3) is 0.269. The third kappa shape index (κ3) is 4.14. The third-order valence-electron chi connectivity index (χ3n) is 7.11. The van der Waals surface area contributed by atoms with Crippen molar-refractivity contribution in [3.63, 3.8) is 0 Å². The molecule has 3 aromatic carbocycles. The SMILES string of the molecule is COc1cc([C@@H]2CN(C)[C@@]3(C(=O)Nc4ccccc43)[C@@H]2[N+](=O)[O-])cc(Br)c1OCc1ccc(Cl)cc1Cl. The number of rotatable bonds is 6. The second kappa shape index (κ2) is 9.79. The van der Waals surface area contributed by atoms with Crippen molar-refractivity contribution in [2.24, 2.45) is 0 Å². The van der Waals surface area contributed by atoms with Gasteiger partial charge in [-0.1, -0.05) is 47.5 Å². The normalized spacial score (nSPS) is 22.7. The molecule has 1 saturated heterocycles. The van der Waals surface area contributed by atoms with Crippen LogP contribution >= 0.6 is 39.1 Å². The smallest absolute Gasteiger partial charge is 0.256 e. The summed E-state index contributed by atoms with van der Waals surface area (Å²) in [6, 6.07) is 14.6. The van der Waals surface area contributed by atoms with E-state index in [-0.39, 0.29) is 11.5 Å². The number of benzene rings is 3. The number of ether oxygens (including phenoxy) is 2. The Bertz CT molecular complexity index is 1420. The number of halogens is 3. The lowest BCUT2D eigenvalue weighted by Crippen LogP contribution is -2.54. The van der Waals surface area contributed by atoms with Gasteiger partial charge in [0, 0.05) is 38.3 Å². The maximum Gasteiger partial charge on any atom is 0.256 e. The zero-order chi connectivity index (χ0) is 26.5. The number of amides is 1. The van der Waals surface area contributed by atoms with E-state index in [9.17, 15) is 14.9 Å². The first kappa shape index (κ1) is 25.8. The van der Waals surface area contributed by atoms with Crippen molar-refractivity contribution in [3.8, 4) is 11.5 Å². The number of hydrogen-bond donors (Lipinski definition) is 1. The minimum Gasteiger partial charge on any atom is -0.493 e. The molecule has 0 aromatic heterocycles. The van der Waals surface area contributed by atoms with Crippen molar-refractivity contribution >= 4 is 50.7 Å². The molecule has 0 saturated carbocycles. The molecule has 192 valence electrons. The highest BCUT2D eigenvalue weighted by Gasteiger charge is 2.68. The van der Waals surface area contributed by atoms with Crippen LogP contribution in [0.1, 0.15) is 22.6 Å². The molecule has 1 N–H and O–H groups in total. The molecule has 2 aliphatic rings. The van der Waals surface area contributed by atoms with Crippen LogP contribution in [-0.2, 0) is 16.9 Å². The van der Waals surface area contributed by atoms with Crippen molar-refractivity contribution in [3.05, 3.63) is 95.9 Å². The average molecular weight is 607 g/mol. The van der Waals surface area contributed by atoms with Gasteiger partial charge in [-0.3, -0.25) is 19.8 Å². The first-order valence-electron chi connectivity index (χ1n) is 11.4. The molecule has 0 bridgehead atoms. The van der Waals surface area contributed by atoms with Gasteiger partial charge in [-0.15, -0.1) is 0 Å². The molecule has 5 rings (SSSR count). The van der Waals surface area contributed by atoms with E-state index in [2.05, 4.69) is 21.2 Å². The molecule has 11 heteroatoms. The van der Waals surface area contributed by atoms with Crippen molar-refractivity contribution < 1.29 is 19.2 Å². The average Bonchev–Trinajstić information content (AvgIpc) is 3.33. The van der Waals surface area contributed by atoms with Crippen molar-refractivity contribution in [2.75, 3.05) is 26.0 Å². The first-order chi connectivity index (χ1) is 17.7. The van der Waals surface area contributed by atoms with Gasteiger partial charge in [0.15, 0.2) is 17.0 Å². The number of para-hydroxylation sites is 1. The van der Waals surface area contributed by atoms with Crippen molar-refractivity contribution in [1.29, 1.82) is 0 Å². The highest BCUT2D eigenvalue weighted by molar-refractivity contribution is 9.10. The topological polar surface area (TPSA) is 93.9 Å². The Balaban J connectivity index is 1.52. The Labute approximate surface area is 231 Å². The Morgan fingerprint density at radius 2 is 1.97 bits per heavy atom. The van der Waals surface area contributed by atoms with E-state index in [0.717, 1.165) is 5.56 Å². The second-order valence-corrected chi connectivity index (χ2v) is 10.7. The molecule has 0 unspecified atom stereocenters. The van der Waals surface area contributed by atoms with Crippen molar-refractivity contribution in [2.45, 2.75) is 24.1 Å². The van der Waals surface area contributed by atoms with E-state index >= 15 is 0 Å². The summed E-state index contributed by atoms with van der Waals surface area (Å²) in [6.07, 6.45) is 0. The van der Waals surface area contributed by atoms with Crippen LogP contribution in [0, 0.1) is 10.1 Å². The number of likely N-dealkylation sites (tertiary alicyclic amines) is 1. The van der Waals surface area contributed by atoms with E-state index in [1.165, 1.54) is 7.11 Å². The number of nitrogens with one attached hydrogen (secondary N) is 1. The van der Waals surface area contributed by atoms with Crippen LogP contribution in [0.3, 0.4) is 0 Å². The summed E-state index contributed by atoms with van der Waals surface area (Å²) in [7, 11) is 3.25. The van der Waals surface area contributed by atoms with Gasteiger partial charge in [-0.25, -0.2) is 0 Å². The molecular weight excluding hydrogens is 585 g/mol. The van der Waals surface area contributed by atoms with E-state index in [1.807, 2.05) is 0 Å². The second-order valence-electron chi connectivity index (χ2n) is 9.04. The van der Waals surface area contributed by atoms with Gasteiger partial charge in [0.1, 0.15) is 6.61 Å². The van der Waals surface area contributed by atoms with E-state index in [0.29, 0.717) is 49.4 Å². The molecule has 3 atom stereocenters. The van der Waals surface area contributed by atoms with Gasteiger partial charge in [0.25, 0.3) is 11.9 Å². The molecule has 1 amide bonds. The van der Waals surface area contributed by atoms with Crippen LogP contribution in [0.5, 0.6) is 11.5 Å². The van der Waals surface area contributed by atoms with Crippen molar-refractivity contribution in [1.82, 2.24) is 4.90 Å². The molecular formula is C26H22BrCl2N3O5. The number of carbonyl (C=O) groups excluding carboxylic acids is 1. The summed E-state index contributed by atoms with van der Waals surface area (Å²) >= 11 is 15.8. The third-order valence-corrected chi connectivity index (χ3v) is 8.28. The van der Waals surface area contributed by atoms with Crippen LogP contribution in [-0.4, -0.2) is 42.5 Å². The Morgan fingerprint density at radius 1 is 1.22 bits per heavy atom. The lowest BCUT2D eigenvalue weighted by Gasteiger charge is -2.30. The number of nitro groups is 1. The fourth-order valence-electron chi connectivity index (χ4n) is 5.46. The molecule has 1 fully saturated rings. The molecule has 2 aliphatic heterocycles. The Morgan fingerprint density at radius 3 is 2.68 bits per heavy atom. The van der Waals surface area contributed by atoms with Gasteiger partial charge in [0.2, 0.25) is 0 Å². The van der Waals surface area contributed by atoms with Crippen LogP contribution in [0.15, 0.2) is 59.1 Å². The summed E-state index contributed by atoms with van der Waals surface area (Å²) in [6.45, 7) is 0.456. The van der Waals surface area contributed by atoms with Gasteiger partial charge < -0.3 is 14.8 Å². The minimum atomic E-state index is -1.43. The molecule has 8 nitrogen and oxygen atoms in total. The monoisotopic (exact) mass is 605 g/mol. The largest absolute Gasteiger partial charge is 0.493 e.